The summed E-state index contributed by atoms with van der Waals surface area (Å²) in [6.07, 6.45) is 0.741. The number of anilines is 1. The Morgan fingerprint density at radius 2 is 1.68 bits per heavy atom. The molecule has 0 fully saturated rings. The Bertz CT molecular complexity index is 864. The zero-order chi connectivity index (χ0) is 20.1. The van der Waals surface area contributed by atoms with Crippen LogP contribution in [0.25, 0.3) is 0 Å². The van der Waals surface area contributed by atoms with Crippen LogP contribution >= 0.6 is 0 Å². The van der Waals surface area contributed by atoms with Gasteiger partial charge in [0.25, 0.3) is 0 Å². The van der Waals surface area contributed by atoms with Gasteiger partial charge in [-0.1, -0.05) is 0 Å². The lowest BCUT2D eigenvalue weighted by molar-refractivity contribution is 0.0526. The van der Waals surface area contributed by atoms with Gasteiger partial charge in [0.05, 0.1) is 26.4 Å². The van der Waals surface area contributed by atoms with E-state index in [4.69, 9.17) is 14.2 Å². The Morgan fingerprint density at radius 3 is 2.29 bits per heavy atom. The normalized spacial score (nSPS) is 12.8. The summed E-state index contributed by atoms with van der Waals surface area (Å²) >= 11 is 0. The minimum atomic E-state index is -0.377. The van der Waals surface area contributed by atoms with Crippen LogP contribution in [-0.2, 0) is 17.7 Å². The first-order valence-electron chi connectivity index (χ1n) is 9.12. The second-order valence-corrected chi connectivity index (χ2v) is 6.38. The molecule has 148 valence electrons. The third-order valence-corrected chi connectivity index (χ3v) is 4.65. The molecule has 1 aliphatic rings. The number of benzene rings is 2. The van der Waals surface area contributed by atoms with E-state index < -0.39 is 0 Å². The van der Waals surface area contributed by atoms with E-state index in [-0.39, 0.29) is 12.0 Å². The largest absolute Gasteiger partial charge is 0.493 e. The predicted octanol–water partition coefficient (Wildman–Crippen LogP) is 3.47. The van der Waals surface area contributed by atoms with Crippen molar-refractivity contribution in [1.82, 2.24) is 4.90 Å². The van der Waals surface area contributed by atoms with Crippen molar-refractivity contribution in [3.63, 3.8) is 0 Å². The van der Waals surface area contributed by atoms with Crippen molar-refractivity contribution in [2.75, 3.05) is 32.7 Å². The molecule has 0 bridgehead atoms. The van der Waals surface area contributed by atoms with Gasteiger partial charge >= 0.3 is 12.0 Å². The minimum Gasteiger partial charge on any atom is -0.493 e. The van der Waals surface area contributed by atoms with E-state index in [9.17, 15) is 9.59 Å². The Labute approximate surface area is 164 Å². The molecule has 28 heavy (non-hydrogen) atoms. The molecule has 7 nitrogen and oxygen atoms in total. The smallest absolute Gasteiger partial charge is 0.338 e. The van der Waals surface area contributed by atoms with Crippen LogP contribution in [0.4, 0.5) is 10.5 Å². The van der Waals surface area contributed by atoms with Crippen LogP contribution in [-0.4, -0.2) is 44.3 Å². The summed E-state index contributed by atoms with van der Waals surface area (Å²) < 4.78 is 15.7. The number of carbonyl (C=O) groups is 2. The molecule has 0 aliphatic carbocycles. The summed E-state index contributed by atoms with van der Waals surface area (Å²) in [5, 5.41) is 2.87. The van der Waals surface area contributed by atoms with Gasteiger partial charge in [-0.25, -0.2) is 9.59 Å². The second kappa shape index (κ2) is 8.65. The fraction of sp³-hybridized carbons (Fsp3) is 0.333. The molecule has 0 aromatic heterocycles. The summed E-state index contributed by atoms with van der Waals surface area (Å²) in [6.45, 7) is 3.18. The van der Waals surface area contributed by atoms with Gasteiger partial charge in [0.15, 0.2) is 11.5 Å². The molecule has 0 spiro atoms. The fourth-order valence-electron chi connectivity index (χ4n) is 3.16. The lowest BCUT2D eigenvalue weighted by Crippen LogP contribution is -2.38. The molecule has 0 radical (unpaired) electrons. The van der Waals surface area contributed by atoms with Crippen molar-refractivity contribution in [3.8, 4) is 11.5 Å². The van der Waals surface area contributed by atoms with Crippen molar-refractivity contribution in [2.45, 2.75) is 19.9 Å². The Kier molecular flexibility index (Phi) is 6.03. The summed E-state index contributed by atoms with van der Waals surface area (Å²) in [6, 6.07) is 10.3. The number of esters is 1. The van der Waals surface area contributed by atoms with Crippen molar-refractivity contribution < 1.29 is 23.8 Å². The Balaban J connectivity index is 1.67. The fourth-order valence-corrected chi connectivity index (χ4v) is 3.16. The molecule has 2 aromatic rings. The van der Waals surface area contributed by atoms with Crippen LogP contribution in [0.3, 0.4) is 0 Å². The van der Waals surface area contributed by atoms with Crippen molar-refractivity contribution in [2.24, 2.45) is 0 Å². The highest BCUT2D eigenvalue weighted by Gasteiger charge is 2.23. The number of carbonyl (C=O) groups excluding carboxylic acids is 2. The van der Waals surface area contributed by atoms with Crippen molar-refractivity contribution in [3.05, 3.63) is 53.1 Å². The first-order chi connectivity index (χ1) is 13.5. The minimum absolute atomic E-state index is 0.190. The zero-order valence-corrected chi connectivity index (χ0v) is 16.3. The zero-order valence-electron chi connectivity index (χ0n) is 16.3. The van der Waals surface area contributed by atoms with Gasteiger partial charge in [-0.2, -0.15) is 0 Å². The quantitative estimate of drug-likeness (QED) is 0.799. The number of nitrogens with one attached hydrogen (secondary N) is 1. The standard InChI is InChI=1S/C21H24N2O5/c1-4-28-20(24)14-5-7-17(8-6-14)22-21(25)23-10-9-15-11-18(26-2)19(27-3)12-16(15)13-23/h5-8,11-12H,4,9-10,13H2,1-3H3,(H,22,25). The molecule has 0 saturated heterocycles. The molecule has 0 unspecified atom stereocenters. The average Bonchev–Trinajstić information content (AvgIpc) is 2.72. The predicted molar refractivity (Wildman–Crippen MR) is 105 cm³/mol. The summed E-state index contributed by atoms with van der Waals surface area (Å²) in [4.78, 5) is 26.1. The molecular formula is C21H24N2O5. The molecule has 0 saturated carbocycles. The topological polar surface area (TPSA) is 77.1 Å². The number of amides is 2. The van der Waals surface area contributed by atoms with Crippen LogP contribution in [0, 0.1) is 0 Å². The SMILES string of the molecule is CCOC(=O)c1ccc(NC(=O)N2CCc3cc(OC)c(OC)cc3C2)cc1. The van der Waals surface area contributed by atoms with Gasteiger partial charge in [-0.3, -0.25) is 0 Å². The monoisotopic (exact) mass is 384 g/mol. The maximum Gasteiger partial charge on any atom is 0.338 e. The average molecular weight is 384 g/mol. The Morgan fingerprint density at radius 1 is 1.04 bits per heavy atom. The first-order valence-corrected chi connectivity index (χ1v) is 9.12. The highest BCUT2D eigenvalue weighted by atomic mass is 16.5. The summed E-state index contributed by atoms with van der Waals surface area (Å²) in [7, 11) is 3.21. The molecule has 7 heteroatoms. The van der Waals surface area contributed by atoms with Crippen LogP contribution < -0.4 is 14.8 Å². The van der Waals surface area contributed by atoms with E-state index in [1.54, 1.807) is 50.3 Å². The molecule has 2 aromatic carbocycles. The van der Waals surface area contributed by atoms with E-state index >= 15 is 0 Å². The third kappa shape index (κ3) is 4.19. The number of hydrogen-bond acceptors (Lipinski definition) is 5. The number of urea groups is 1. The molecule has 3 rings (SSSR count). The van der Waals surface area contributed by atoms with E-state index in [1.807, 2.05) is 12.1 Å². The van der Waals surface area contributed by atoms with E-state index in [2.05, 4.69) is 5.32 Å². The number of hydrogen-bond donors (Lipinski definition) is 1. The Hall–Kier alpha value is -3.22. The molecule has 1 N–H and O–H groups in total. The van der Waals surface area contributed by atoms with Gasteiger partial charge in [-0.15, -0.1) is 0 Å². The van der Waals surface area contributed by atoms with Gasteiger partial charge in [-0.05, 0) is 60.9 Å². The highest BCUT2D eigenvalue weighted by Crippen LogP contribution is 2.33. The maximum absolute atomic E-state index is 12.6. The van der Waals surface area contributed by atoms with Crippen molar-refractivity contribution in [1.29, 1.82) is 0 Å². The van der Waals surface area contributed by atoms with E-state index in [0.717, 1.165) is 17.5 Å². The molecular weight excluding hydrogens is 360 g/mol. The number of ether oxygens (including phenoxy) is 3. The second-order valence-electron chi connectivity index (χ2n) is 6.38. The number of fused-ring (bicyclic) bond motifs is 1. The van der Waals surface area contributed by atoms with Crippen molar-refractivity contribution >= 4 is 17.7 Å². The van der Waals surface area contributed by atoms with E-state index in [0.29, 0.717) is 42.4 Å². The van der Waals surface area contributed by atoms with Crippen LogP contribution in [0.15, 0.2) is 36.4 Å². The van der Waals surface area contributed by atoms with Crippen LogP contribution in [0.2, 0.25) is 0 Å². The van der Waals surface area contributed by atoms with Gasteiger partial charge in [0.1, 0.15) is 0 Å². The molecule has 0 atom stereocenters. The first kappa shape index (κ1) is 19.5. The van der Waals surface area contributed by atoms with Crippen LogP contribution in [0.1, 0.15) is 28.4 Å². The lowest BCUT2D eigenvalue weighted by Gasteiger charge is -2.29. The van der Waals surface area contributed by atoms with Gasteiger partial charge < -0.3 is 24.4 Å². The van der Waals surface area contributed by atoms with Gasteiger partial charge in [0.2, 0.25) is 0 Å². The van der Waals surface area contributed by atoms with Crippen LogP contribution in [0.5, 0.6) is 11.5 Å². The highest BCUT2D eigenvalue weighted by molar-refractivity contribution is 5.92. The summed E-state index contributed by atoms with van der Waals surface area (Å²) in [5.74, 6) is 0.969. The summed E-state index contributed by atoms with van der Waals surface area (Å²) in [5.41, 5.74) is 3.26. The van der Waals surface area contributed by atoms with E-state index in [1.165, 1.54) is 0 Å². The van der Waals surface area contributed by atoms with Gasteiger partial charge in [0, 0.05) is 18.8 Å². The third-order valence-electron chi connectivity index (χ3n) is 4.65. The molecule has 2 amide bonds. The maximum atomic E-state index is 12.6. The molecule has 1 aliphatic heterocycles. The number of nitrogens with zero attached hydrogens (tertiary/aromatic N) is 1. The number of rotatable bonds is 5. The lowest BCUT2D eigenvalue weighted by atomic mass is 9.99. The number of methoxy groups -OCH3 is 2. The molecule has 1 heterocycles.